The van der Waals surface area contributed by atoms with Crippen molar-refractivity contribution in [2.24, 2.45) is 0 Å². The lowest BCUT2D eigenvalue weighted by Gasteiger charge is -2.04. The Balaban J connectivity index is 2.20. The number of aryl methyl sites for hydroxylation is 2. The molecule has 0 spiro atoms. The Hall–Kier alpha value is -1.35. The van der Waals surface area contributed by atoms with Crippen molar-refractivity contribution in [1.82, 2.24) is 4.98 Å². The van der Waals surface area contributed by atoms with Crippen molar-refractivity contribution in [3.63, 3.8) is 0 Å². The summed E-state index contributed by atoms with van der Waals surface area (Å²) in [6, 6.07) is 6.58. The summed E-state index contributed by atoms with van der Waals surface area (Å²) in [4.78, 5) is 4.49. The zero-order chi connectivity index (χ0) is 11.5. The molecule has 0 fully saturated rings. The maximum absolute atomic E-state index is 4.49. The van der Waals surface area contributed by atoms with Crippen LogP contribution in [0.2, 0.25) is 0 Å². The number of hydrogen-bond donors (Lipinski definition) is 1. The van der Waals surface area contributed by atoms with Crippen LogP contribution in [-0.2, 0) is 6.42 Å². The molecule has 84 valence electrons. The van der Waals surface area contributed by atoms with Crippen molar-refractivity contribution < 1.29 is 0 Å². The second-order valence-corrected chi connectivity index (χ2v) is 4.86. The third-order valence-corrected chi connectivity index (χ3v) is 3.54. The Bertz CT molecular complexity index is 488. The van der Waals surface area contributed by atoms with E-state index in [0.717, 1.165) is 17.2 Å². The van der Waals surface area contributed by atoms with E-state index in [0.29, 0.717) is 0 Å². The third kappa shape index (κ3) is 2.42. The van der Waals surface area contributed by atoms with Crippen molar-refractivity contribution in [2.45, 2.75) is 20.3 Å². The van der Waals surface area contributed by atoms with Gasteiger partial charge in [0.05, 0.1) is 5.69 Å². The summed E-state index contributed by atoms with van der Waals surface area (Å²) >= 11 is 1.66. The van der Waals surface area contributed by atoms with Crippen molar-refractivity contribution in [3.05, 3.63) is 46.0 Å². The van der Waals surface area contributed by atoms with E-state index in [1.807, 2.05) is 7.05 Å². The van der Waals surface area contributed by atoms with Crippen LogP contribution in [0.15, 0.2) is 23.6 Å². The summed E-state index contributed by atoms with van der Waals surface area (Å²) in [5.41, 5.74) is 5.16. The monoisotopic (exact) mass is 232 g/mol. The smallest absolute Gasteiger partial charge is 0.182 e. The van der Waals surface area contributed by atoms with Crippen LogP contribution in [0.1, 0.15) is 22.4 Å². The average molecular weight is 232 g/mol. The van der Waals surface area contributed by atoms with E-state index in [-0.39, 0.29) is 0 Å². The SMILES string of the molecule is CNc1nc(Cc2ccc(C)cc2C)cs1. The first kappa shape index (κ1) is 11.1. The second-order valence-electron chi connectivity index (χ2n) is 4.00. The van der Waals surface area contributed by atoms with Gasteiger partial charge < -0.3 is 5.32 Å². The highest BCUT2D eigenvalue weighted by atomic mass is 32.1. The summed E-state index contributed by atoms with van der Waals surface area (Å²) in [5.74, 6) is 0. The average Bonchev–Trinajstić information content (AvgIpc) is 2.70. The van der Waals surface area contributed by atoms with E-state index >= 15 is 0 Å². The van der Waals surface area contributed by atoms with Gasteiger partial charge in [-0.1, -0.05) is 23.8 Å². The molecule has 0 unspecified atom stereocenters. The fourth-order valence-corrected chi connectivity index (χ4v) is 2.41. The first-order chi connectivity index (χ1) is 7.69. The molecule has 0 aliphatic rings. The van der Waals surface area contributed by atoms with Gasteiger partial charge >= 0.3 is 0 Å². The van der Waals surface area contributed by atoms with Crippen molar-refractivity contribution in [2.75, 3.05) is 12.4 Å². The van der Waals surface area contributed by atoms with Crippen LogP contribution < -0.4 is 5.32 Å². The lowest BCUT2D eigenvalue weighted by Crippen LogP contribution is -1.93. The molecule has 0 saturated heterocycles. The van der Waals surface area contributed by atoms with E-state index in [2.05, 4.69) is 47.7 Å². The predicted molar refractivity (Wildman–Crippen MR) is 70.4 cm³/mol. The minimum absolute atomic E-state index is 0.921. The molecule has 1 aromatic carbocycles. The summed E-state index contributed by atoms with van der Waals surface area (Å²) < 4.78 is 0. The molecule has 0 aliphatic heterocycles. The maximum atomic E-state index is 4.49. The normalized spacial score (nSPS) is 10.4. The predicted octanol–water partition coefficient (Wildman–Crippen LogP) is 3.39. The summed E-state index contributed by atoms with van der Waals surface area (Å²) in [6.45, 7) is 4.28. The first-order valence-electron chi connectivity index (χ1n) is 5.37. The fraction of sp³-hybridized carbons (Fsp3) is 0.308. The van der Waals surface area contributed by atoms with Gasteiger partial charge in [0.2, 0.25) is 0 Å². The van der Waals surface area contributed by atoms with Gasteiger partial charge in [0.15, 0.2) is 5.13 Å². The Morgan fingerprint density at radius 3 is 2.75 bits per heavy atom. The highest BCUT2D eigenvalue weighted by Gasteiger charge is 2.04. The minimum atomic E-state index is 0.921. The Morgan fingerprint density at radius 1 is 1.31 bits per heavy atom. The molecule has 0 aliphatic carbocycles. The number of hydrogen-bond acceptors (Lipinski definition) is 3. The highest BCUT2D eigenvalue weighted by molar-refractivity contribution is 7.13. The van der Waals surface area contributed by atoms with E-state index in [9.17, 15) is 0 Å². The molecule has 0 atom stereocenters. The van der Waals surface area contributed by atoms with Gasteiger partial charge in [0.25, 0.3) is 0 Å². The van der Waals surface area contributed by atoms with Crippen LogP contribution >= 0.6 is 11.3 Å². The molecule has 1 heterocycles. The van der Waals surface area contributed by atoms with Crippen LogP contribution in [0.3, 0.4) is 0 Å². The van der Waals surface area contributed by atoms with Gasteiger partial charge in [0, 0.05) is 18.8 Å². The van der Waals surface area contributed by atoms with E-state index in [1.54, 1.807) is 11.3 Å². The third-order valence-electron chi connectivity index (χ3n) is 2.64. The number of anilines is 1. The summed E-state index contributed by atoms with van der Waals surface area (Å²) in [6.07, 6.45) is 0.921. The molecular weight excluding hydrogens is 216 g/mol. The Morgan fingerprint density at radius 2 is 2.12 bits per heavy atom. The molecule has 2 aromatic rings. The zero-order valence-corrected chi connectivity index (χ0v) is 10.7. The number of nitrogens with zero attached hydrogens (tertiary/aromatic N) is 1. The fourth-order valence-electron chi connectivity index (χ4n) is 1.74. The lowest BCUT2D eigenvalue weighted by atomic mass is 10.0. The number of thiazole rings is 1. The van der Waals surface area contributed by atoms with Crippen molar-refractivity contribution in [1.29, 1.82) is 0 Å². The zero-order valence-electron chi connectivity index (χ0n) is 9.87. The molecule has 0 bridgehead atoms. The van der Waals surface area contributed by atoms with Gasteiger partial charge in [0.1, 0.15) is 0 Å². The van der Waals surface area contributed by atoms with E-state index < -0.39 is 0 Å². The van der Waals surface area contributed by atoms with E-state index in [1.165, 1.54) is 16.7 Å². The summed E-state index contributed by atoms with van der Waals surface area (Å²) in [5, 5.41) is 6.17. The van der Waals surface area contributed by atoms with E-state index in [4.69, 9.17) is 0 Å². The molecule has 16 heavy (non-hydrogen) atoms. The van der Waals surface area contributed by atoms with Crippen LogP contribution in [0.5, 0.6) is 0 Å². The standard InChI is InChI=1S/C13H16N2S/c1-9-4-5-11(10(2)6-9)7-12-8-16-13(14-3)15-12/h4-6,8H,7H2,1-3H3,(H,14,15). The number of nitrogens with one attached hydrogen (secondary N) is 1. The van der Waals surface area contributed by atoms with Crippen molar-refractivity contribution >= 4 is 16.5 Å². The van der Waals surface area contributed by atoms with Gasteiger partial charge in [-0.05, 0) is 25.0 Å². The van der Waals surface area contributed by atoms with Crippen LogP contribution in [0.25, 0.3) is 0 Å². The molecule has 0 saturated carbocycles. The Labute approximate surface area is 100 Å². The quantitative estimate of drug-likeness (QED) is 0.877. The number of aromatic nitrogens is 1. The summed E-state index contributed by atoms with van der Waals surface area (Å²) in [7, 11) is 1.90. The Kier molecular flexibility index (Phi) is 3.25. The maximum Gasteiger partial charge on any atom is 0.182 e. The second kappa shape index (κ2) is 4.66. The molecule has 3 heteroatoms. The molecule has 0 amide bonds. The topological polar surface area (TPSA) is 24.9 Å². The molecule has 1 N–H and O–H groups in total. The molecular formula is C13H16N2S. The van der Waals surface area contributed by atoms with Gasteiger partial charge in [-0.3, -0.25) is 0 Å². The lowest BCUT2D eigenvalue weighted by molar-refractivity contribution is 1.08. The molecule has 0 radical (unpaired) electrons. The van der Waals surface area contributed by atoms with Crippen LogP contribution in [0.4, 0.5) is 5.13 Å². The molecule has 1 aromatic heterocycles. The number of benzene rings is 1. The molecule has 2 rings (SSSR count). The van der Waals surface area contributed by atoms with Gasteiger partial charge in [-0.25, -0.2) is 4.98 Å². The number of rotatable bonds is 3. The van der Waals surface area contributed by atoms with Gasteiger partial charge in [-0.15, -0.1) is 11.3 Å². The first-order valence-corrected chi connectivity index (χ1v) is 6.25. The largest absolute Gasteiger partial charge is 0.365 e. The van der Waals surface area contributed by atoms with Crippen molar-refractivity contribution in [3.8, 4) is 0 Å². The molecule has 2 nitrogen and oxygen atoms in total. The van der Waals surface area contributed by atoms with Crippen LogP contribution in [-0.4, -0.2) is 12.0 Å². The minimum Gasteiger partial charge on any atom is -0.365 e. The van der Waals surface area contributed by atoms with Crippen LogP contribution in [0, 0.1) is 13.8 Å². The highest BCUT2D eigenvalue weighted by Crippen LogP contribution is 2.19. The van der Waals surface area contributed by atoms with Gasteiger partial charge in [-0.2, -0.15) is 0 Å².